The van der Waals surface area contributed by atoms with Crippen molar-refractivity contribution in [3.63, 3.8) is 0 Å². The van der Waals surface area contributed by atoms with Crippen LogP contribution in [0.5, 0.6) is 5.75 Å². The van der Waals surface area contributed by atoms with E-state index in [1.807, 2.05) is 54.6 Å². The van der Waals surface area contributed by atoms with Crippen LogP contribution in [0.15, 0.2) is 84.9 Å². The predicted molar refractivity (Wildman–Crippen MR) is 148 cm³/mol. The number of piperidine rings is 1. The van der Waals surface area contributed by atoms with Gasteiger partial charge in [-0.05, 0) is 42.7 Å². The van der Waals surface area contributed by atoms with E-state index in [4.69, 9.17) is 9.72 Å². The molecule has 1 saturated heterocycles. The zero-order valence-electron chi connectivity index (χ0n) is 20.9. The van der Waals surface area contributed by atoms with Gasteiger partial charge in [0.05, 0.1) is 18.3 Å². The third-order valence-electron chi connectivity index (χ3n) is 7.26. The Labute approximate surface area is 216 Å². The maximum Gasteiger partial charge on any atom is 0.270 e. The number of pyridine rings is 1. The fraction of sp³-hybridized carbons (Fsp3) is 0.226. The Balaban J connectivity index is 1.28. The summed E-state index contributed by atoms with van der Waals surface area (Å²) < 4.78 is 5.64. The fourth-order valence-electron chi connectivity index (χ4n) is 5.33. The molecule has 0 radical (unpaired) electrons. The molecule has 2 N–H and O–H groups in total. The van der Waals surface area contributed by atoms with Crippen LogP contribution in [-0.4, -0.2) is 47.0 Å². The van der Waals surface area contributed by atoms with E-state index in [0.717, 1.165) is 65.6 Å². The van der Waals surface area contributed by atoms with E-state index < -0.39 is 0 Å². The zero-order chi connectivity index (χ0) is 25.2. The third-order valence-corrected chi connectivity index (χ3v) is 7.26. The number of fused-ring (bicyclic) bond motifs is 3. The van der Waals surface area contributed by atoms with Gasteiger partial charge in [-0.2, -0.15) is 0 Å². The lowest BCUT2D eigenvalue weighted by Crippen LogP contribution is -2.44. The molecule has 6 nitrogen and oxygen atoms in total. The molecule has 2 aromatic heterocycles. The zero-order valence-corrected chi connectivity index (χ0v) is 20.9. The normalized spacial score (nSPS) is 14.7. The summed E-state index contributed by atoms with van der Waals surface area (Å²) >= 11 is 0. The van der Waals surface area contributed by atoms with Gasteiger partial charge in [-0.1, -0.05) is 60.7 Å². The lowest BCUT2D eigenvalue weighted by Gasteiger charge is -2.32. The number of benzene rings is 3. The first kappa shape index (κ1) is 23.3. The van der Waals surface area contributed by atoms with Gasteiger partial charge in [0.1, 0.15) is 11.4 Å². The summed E-state index contributed by atoms with van der Waals surface area (Å²) in [6.07, 6.45) is 1.85. The van der Waals surface area contributed by atoms with Crippen molar-refractivity contribution >= 4 is 27.7 Å². The predicted octanol–water partition coefficient (Wildman–Crippen LogP) is 5.79. The van der Waals surface area contributed by atoms with Gasteiger partial charge in [0.25, 0.3) is 5.91 Å². The van der Waals surface area contributed by atoms with E-state index in [1.54, 1.807) is 7.11 Å². The van der Waals surface area contributed by atoms with E-state index in [1.165, 1.54) is 5.56 Å². The Hall–Kier alpha value is -4.16. The summed E-state index contributed by atoms with van der Waals surface area (Å²) in [4.78, 5) is 24.3. The Morgan fingerprint density at radius 3 is 2.51 bits per heavy atom. The van der Waals surface area contributed by atoms with Gasteiger partial charge in [-0.15, -0.1) is 0 Å². The second-order valence-corrected chi connectivity index (χ2v) is 9.66. The minimum absolute atomic E-state index is 0.134. The van der Waals surface area contributed by atoms with E-state index in [0.29, 0.717) is 11.4 Å². The highest BCUT2D eigenvalue weighted by molar-refractivity contribution is 6.13. The molecule has 0 atom stereocenters. The molecule has 3 aromatic carbocycles. The summed E-state index contributed by atoms with van der Waals surface area (Å²) in [5, 5.41) is 5.31. The number of likely N-dealkylation sites (tertiary alicyclic amines) is 1. The van der Waals surface area contributed by atoms with Gasteiger partial charge in [-0.3, -0.25) is 9.69 Å². The van der Waals surface area contributed by atoms with Gasteiger partial charge < -0.3 is 15.0 Å². The highest BCUT2D eigenvalue weighted by Gasteiger charge is 2.24. The second-order valence-electron chi connectivity index (χ2n) is 9.66. The maximum absolute atomic E-state index is 13.5. The number of aromatic nitrogens is 2. The number of amides is 1. The molecule has 0 spiro atoms. The van der Waals surface area contributed by atoms with Gasteiger partial charge in [-0.25, -0.2) is 4.98 Å². The number of nitrogens with one attached hydrogen (secondary N) is 2. The highest BCUT2D eigenvalue weighted by Crippen LogP contribution is 2.36. The summed E-state index contributed by atoms with van der Waals surface area (Å²) in [5.74, 6) is 0.586. The molecule has 0 saturated carbocycles. The molecule has 6 heteroatoms. The van der Waals surface area contributed by atoms with Crippen LogP contribution in [0.3, 0.4) is 0 Å². The Morgan fingerprint density at radius 1 is 0.973 bits per heavy atom. The fourth-order valence-corrected chi connectivity index (χ4v) is 5.33. The molecule has 186 valence electrons. The number of para-hydroxylation sites is 2. The lowest BCUT2D eigenvalue weighted by molar-refractivity contribution is 0.0904. The average Bonchev–Trinajstić information content (AvgIpc) is 3.33. The number of aromatic amines is 1. The number of hydrogen-bond acceptors (Lipinski definition) is 4. The summed E-state index contributed by atoms with van der Waals surface area (Å²) in [5.41, 5.74) is 5.23. The monoisotopic (exact) mass is 490 g/mol. The van der Waals surface area contributed by atoms with Crippen LogP contribution in [0.25, 0.3) is 33.1 Å². The van der Waals surface area contributed by atoms with Crippen molar-refractivity contribution in [2.45, 2.75) is 25.4 Å². The summed E-state index contributed by atoms with van der Waals surface area (Å²) in [7, 11) is 1.65. The summed E-state index contributed by atoms with van der Waals surface area (Å²) in [6.45, 7) is 2.87. The molecule has 37 heavy (non-hydrogen) atoms. The van der Waals surface area contributed by atoms with Gasteiger partial charge in [0.15, 0.2) is 0 Å². The average molecular weight is 491 g/mol. The topological polar surface area (TPSA) is 70.2 Å². The van der Waals surface area contributed by atoms with E-state index in [9.17, 15) is 4.79 Å². The van der Waals surface area contributed by atoms with Gasteiger partial charge in [0.2, 0.25) is 0 Å². The van der Waals surface area contributed by atoms with Crippen molar-refractivity contribution in [3.05, 3.63) is 96.2 Å². The molecular weight excluding hydrogens is 460 g/mol. The number of ether oxygens (including phenoxy) is 1. The number of H-pyrrole nitrogens is 1. The Kier molecular flexibility index (Phi) is 6.33. The van der Waals surface area contributed by atoms with Crippen LogP contribution < -0.4 is 10.1 Å². The van der Waals surface area contributed by atoms with Crippen LogP contribution in [0.4, 0.5) is 0 Å². The van der Waals surface area contributed by atoms with E-state index in [2.05, 4.69) is 45.5 Å². The molecule has 1 amide bonds. The number of hydrogen-bond donors (Lipinski definition) is 2. The van der Waals surface area contributed by atoms with Crippen LogP contribution in [0, 0.1) is 0 Å². The molecule has 1 aliphatic heterocycles. The molecule has 5 aromatic rings. The van der Waals surface area contributed by atoms with Crippen molar-refractivity contribution in [3.8, 4) is 17.0 Å². The first-order valence-corrected chi connectivity index (χ1v) is 12.8. The third kappa shape index (κ3) is 4.68. The highest BCUT2D eigenvalue weighted by atomic mass is 16.5. The smallest absolute Gasteiger partial charge is 0.270 e. The van der Waals surface area contributed by atoms with Crippen LogP contribution in [0.2, 0.25) is 0 Å². The van der Waals surface area contributed by atoms with Crippen LogP contribution >= 0.6 is 0 Å². The van der Waals surface area contributed by atoms with Crippen molar-refractivity contribution in [2.24, 2.45) is 0 Å². The van der Waals surface area contributed by atoms with Gasteiger partial charge >= 0.3 is 0 Å². The van der Waals surface area contributed by atoms with E-state index in [-0.39, 0.29) is 11.9 Å². The minimum Gasteiger partial charge on any atom is -0.496 e. The number of carbonyl (C=O) groups is 1. The van der Waals surface area contributed by atoms with E-state index >= 15 is 0 Å². The standard InChI is InChI=1S/C31H30N4O2/c1-37-28-14-8-6-12-24(28)29-30-25(23-11-5-7-13-26(23)33-30)19-27(34-29)31(36)32-22-15-17-35(18-16-22)20-21-9-3-2-4-10-21/h2-14,19,22,33H,15-18,20H2,1H3,(H,32,36). The Morgan fingerprint density at radius 2 is 1.70 bits per heavy atom. The van der Waals surface area contributed by atoms with Crippen molar-refractivity contribution in [1.82, 2.24) is 20.2 Å². The molecule has 1 aliphatic rings. The Bertz CT molecular complexity index is 1550. The van der Waals surface area contributed by atoms with Crippen molar-refractivity contribution in [2.75, 3.05) is 20.2 Å². The number of nitrogens with zero attached hydrogens (tertiary/aromatic N) is 2. The second kappa shape index (κ2) is 10.1. The van der Waals surface area contributed by atoms with Crippen molar-refractivity contribution < 1.29 is 9.53 Å². The van der Waals surface area contributed by atoms with Crippen LogP contribution in [-0.2, 0) is 6.54 Å². The minimum atomic E-state index is -0.134. The molecule has 0 aliphatic carbocycles. The lowest BCUT2D eigenvalue weighted by atomic mass is 10.0. The number of methoxy groups -OCH3 is 1. The first-order chi connectivity index (χ1) is 18.2. The SMILES string of the molecule is COc1ccccc1-c1nc(C(=O)NC2CCN(Cc3ccccc3)CC2)cc2c1[nH]c1ccccc12. The first-order valence-electron chi connectivity index (χ1n) is 12.8. The largest absolute Gasteiger partial charge is 0.496 e. The summed E-state index contributed by atoms with van der Waals surface area (Å²) in [6, 6.07) is 28.5. The molecule has 0 unspecified atom stereocenters. The van der Waals surface area contributed by atoms with Crippen molar-refractivity contribution in [1.29, 1.82) is 0 Å². The molecule has 1 fully saturated rings. The molecular formula is C31H30N4O2. The quantitative estimate of drug-likeness (QED) is 0.316. The molecule has 0 bridgehead atoms. The molecule has 3 heterocycles. The van der Waals surface area contributed by atoms with Crippen LogP contribution in [0.1, 0.15) is 28.9 Å². The molecule has 6 rings (SSSR count). The number of rotatable bonds is 6. The number of carbonyl (C=O) groups excluding carboxylic acids is 1. The maximum atomic E-state index is 13.5. The van der Waals surface area contributed by atoms with Gasteiger partial charge in [0, 0.05) is 47.5 Å².